The van der Waals surface area contributed by atoms with Gasteiger partial charge in [-0.15, -0.1) is 0 Å². The lowest BCUT2D eigenvalue weighted by Gasteiger charge is -2.06. The number of nitrogens with one attached hydrogen (secondary N) is 1. The maximum Gasteiger partial charge on any atom is 0.416 e. The van der Waals surface area contributed by atoms with Crippen molar-refractivity contribution in [2.75, 3.05) is 6.61 Å². The molecule has 0 amide bonds. The molecule has 0 atom stereocenters. The highest BCUT2D eigenvalue weighted by molar-refractivity contribution is 7.71. The van der Waals surface area contributed by atoms with Crippen LogP contribution < -0.4 is 4.74 Å². The summed E-state index contributed by atoms with van der Waals surface area (Å²) in [6.45, 7) is 2.42. The number of aromatic nitrogens is 3. The van der Waals surface area contributed by atoms with Crippen LogP contribution in [-0.2, 0) is 6.18 Å². The molecular weight excluding hydrogens is 377 g/mol. The topological polar surface area (TPSA) is 55.2 Å². The molecule has 0 spiro atoms. The zero-order chi connectivity index (χ0) is 19.4. The Balaban J connectivity index is 1.90. The molecule has 1 heterocycles. The van der Waals surface area contributed by atoms with Crippen LogP contribution in [0.4, 0.5) is 13.2 Å². The van der Waals surface area contributed by atoms with Crippen LogP contribution in [0.3, 0.4) is 0 Å². The second-order valence-corrected chi connectivity index (χ2v) is 5.88. The van der Waals surface area contributed by atoms with E-state index in [1.165, 1.54) is 23.0 Å². The lowest BCUT2D eigenvalue weighted by atomic mass is 10.1. The third kappa shape index (κ3) is 4.43. The van der Waals surface area contributed by atoms with Gasteiger partial charge in [0.05, 0.1) is 18.4 Å². The molecule has 0 fully saturated rings. The van der Waals surface area contributed by atoms with E-state index in [0.29, 0.717) is 23.7 Å². The molecule has 3 rings (SSSR count). The van der Waals surface area contributed by atoms with Crippen molar-refractivity contribution in [2.24, 2.45) is 5.10 Å². The standard InChI is InChI=1S/C18H15F3N4OS/c1-2-26-15-5-3-4-13(10-15)16-23-24-17(27)25(16)22-11-12-6-8-14(9-7-12)18(19,20)21/h3-11H,2H2,1H3,(H,24,27). The van der Waals surface area contributed by atoms with Gasteiger partial charge in [-0.2, -0.15) is 28.0 Å². The molecule has 0 aliphatic rings. The third-order valence-corrected chi connectivity index (χ3v) is 3.88. The summed E-state index contributed by atoms with van der Waals surface area (Å²) in [5.74, 6) is 1.15. The second kappa shape index (κ2) is 7.75. The zero-order valence-corrected chi connectivity index (χ0v) is 15.0. The molecule has 0 saturated heterocycles. The Bertz CT molecular complexity index is 1010. The number of nitrogens with zero attached hydrogens (tertiary/aromatic N) is 3. The van der Waals surface area contributed by atoms with Crippen molar-refractivity contribution in [1.29, 1.82) is 0 Å². The predicted octanol–water partition coefficient (Wildman–Crippen LogP) is 4.91. The minimum atomic E-state index is -4.37. The van der Waals surface area contributed by atoms with Crippen molar-refractivity contribution >= 4 is 18.4 Å². The number of benzene rings is 2. The largest absolute Gasteiger partial charge is 0.494 e. The monoisotopic (exact) mass is 392 g/mol. The normalized spacial score (nSPS) is 11.9. The van der Waals surface area contributed by atoms with E-state index in [1.54, 1.807) is 6.07 Å². The molecule has 0 saturated carbocycles. The SMILES string of the molecule is CCOc1cccc(-c2n[nH]c(=S)n2N=Cc2ccc(C(F)(F)F)cc2)c1. The van der Waals surface area contributed by atoms with E-state index >= 15 is 0 Å². The number of hydrogen-bond donors (Lipinski definition) is 1. The maximum absolute atomic E-state index is 12.6. The molecule has 1 aromatic heterocycles. The molecule has 0 bridgehead atoms. The lowest BCUT2D eigenvalue weighted by Crippen LogP contribution is -2.04. The van der Waals surface area contributed by atoms with Gasteiger partial charge in [0.15, 0.2) is 5.82 Å². The Morgan fingerprint density at radius 3 is 2.63 bits per heavy atom. The van der Waals surface area contributed by atoms with Gasteiger partial charge < -0.3 is 4.74 Å². The van der Waals surface area contributed by atoms with Crippen molar-refractivity contribution in [2.45, 2.75) is 13.1 Å². The van der Waals surface area contributed by atoms with Crippen molar-refractivity contribution in [3.8, 4) is 17.1 Å². The van der Waals surface area contributed by atoms with Crippen LogP contribution in [0.1, 0.15) is 18.1 Å². The summed E-state index contributed by atoms with van der Waals surface area (Å²) < 4.78 is 45.0. The third-order valence-electron chi connectivity index (χ3n) is 3.61. The highest BCUT2D eigenvalue weighted by Crippen LogP contribution is 2.29. The van der Waals surface area contributed by atoms with Gasteiger partial charge in [0, 0.05) is 5.56 Å². The second-order valence-electron chi connectivity index (χ2n) is 5.49. The molecule has 5 nitrogen and oxygen atoms in total. The van der Waals surface area contributed by atoms with Crippen molar-refractivity contribution in [3.05, 3.63) is 64.4 Å². The minimum absolute atomic E-state index is 0.259. The molecule has 27 heavy (non-hydrogen) atoms. The first kappa shape index (κ1) is 18.8. The molecule has 3 aromatic rings. The fraction of sp³-hybridized carbons (Fsp3) is 0.167. The number of halogens is 3. The Hall–Kier alpha value is -2.94. The number of rotatable bonds is 5. The van der Waals surface area contributed by atoms with Gasteiger partial charge in [0.1, 0.15) is 5.75 Å². The molecule has 0 aliphatic heterocycles. The van der Waals surface area contributed by atoms with E-state index in [0.717, 1.165) is 17.7 Å². The molecule has 1 N–H and O–H groups in total. The van der Waals surface area contributed by atoms with Crippen LogP contribution in [0.2, 0.25) is 0 Å². The maximum atomic E-state index is 12.6. The van der Waals surface area contributed by atoms with Gasteiger partial charge in [-0.1, -0.05) is 24.3 Å². The van der Waals surface area contributed by atoms with E-state index in [4.69, 9.17) is 17.0 Å². The fourth-order valence-electron chi connectivity index (χ4n) is 2.36. The summed E-state index contributed by atoms with van der Waals surface area (Å²) in [5, 5.41) is 11.1. The fourth-order valence-corrected chi connectivity index (χ4v) is 2.54. The number of aromatic amines is 1. The van der Waals surface area contributed by atoms with Gasteiger partial charge in [-0.3, -0.25) is 0 Å². The summed E-state index contributed by atoms with van der Waals surface area (Å²) in [6, 6.07) is 12.0. The summed E-state index contributed by atoms with van der Waals surface area (Å²) in [6.07, 6.45) is -2.96. The van der Waals surface area contributed by atoms with Gasteiger partial charge in [0.2, 0.25) is 4.77 Å². The molecule has 0 aliphatic carbocycles. The van der Waals surface area contributed by atoms with Crippen LogP contribution in [0, 0.1) is 4.77 Å². The summed E-state index contributed by atoms with van der Waals surface area (Å²) in [7, 11) is 0. The van der Waals surface area contributed by atoms with Crippen LogP contribution in [0.25, 0.3) is 11.4 Å². The van der Waals surface area contributed by atoms with E-state index in [9.17, 15) is 13.2 Å². The molecule has 2 aromatic carbocycles. The Morgan fingerprint density at radius 1 is 1.22 bits per heavy atom. The van der Waals surface area contributed by atoms with Gasteiger partial charge in [-0.25, -0.2) is 5.10 Å². The first-order valence-corrected chi connectivity index (χ1v) is 8.41. The van der Waals surface area contributed by atoms with Gasteiger partial charge in [-0.05, 0) is 49.0 Å². The molecular formula is C18H15F3N4OS. The van der Waals surface area contributed by atoms with E-state index in [1.807, 2.05) is 25.1 Å². The Kier molecular flexibility index (Phi) is 5.41. The highest BCUT2D eigenvalue weighted by Gasteiger charge is 2.29. The van der Waals surface area contributed by atoms with Gasteiger partial charge in [0.25, 0.3) is 0 Å². The molecule has 140 valence electrons. The zero-order valence-electron chi connectivity index (χ0n) is 14.2. The number of ether oxygens (including phenoxy) is 1. The molecule has 0 unspecified atom stereocenters. The van der Waals surface area contributed by atoms with Crippen molar-refractivity contribution < 1.29 is 17.9 Å². The first-order chi connectivity index (χ1) is 12.9. The van der Waals surface area contributed by atoms with E-state index in [-0.39, 0.29) is 4.77 Å². The van der Waals surface area contributed by atoms with Crippen LogP contribution in [0.15, 0.2) is 53.6 Å². The van der Waals surface area contributed by atoms with Crippen molar-refractivity contribution in [1.82, 2.24) is 14.9 Å². The summed E-state index contributed by atoms with van der Waals surface area (Å²) in [5.41, 5.74) is 0.519. The quantitative estimate of drug-likeness (QED) is 0.496. The van der Waals surface area contributed by atoms with Gasteiger partial charge >= 0.3 is 6.18 Å². The summed E-state index contributed by atoms with van der Waals surface area (Å²) in [4.78, 5) is 0. The van der Waals surface area contributed by atoms with E-state index < -0.39 is 11.7 Å². The average Bonchev–Trinajstić information content (AvgIpc) is 3.01. The first-order valence-electron chi connectivity index (χ1n) is 8.01. The minimum Gasteiger partial charge on any atom is -0.494 e. The lowest BCUT2D eigenvalue weighted by molar-refractivity contribution is -0.137. The highest BCUT2D eigenvalue weighted by atomic mass is 32.1. The molecule has 9 heteroatoms. The number of alkyl halides is 3. The Labute approximate surface area is 158 Å². The van der Waals surface area contributed by atoms with Crippen molar-refractivity contribution in [3.63, 3.8) is 0 Å². The molecule has 0 radical (unpaired) electrons. The van der Waals surface area contributed by atoms with Crippen LogP contribution in [0.5, 0.6) is 5.75 Å². The predicted molar refractivity (Wildman–Crippen MR) is 98.5 cm³/mol. The summed E-state index contributed by atoms with van der Waals surface area (Å²) >= 11 is 5.19. The Morgan fingerprint density at radius 2 is 1.96 bits per heavy atom. The average molecular weight is 392 g/mol. The van der Waals surface area contributed by atoms with Crippen LogP contribution >= 0.6 is 12.2 Å². The number of hydrogen-bond acceptors (Lipinski definition) is 4. The number of H-pyrrole nitrogens is 1. The van der Waals surface area contributed by atoms with Crippen LogP contribution in [-0.4, -0.2) is 27.7 Å². The smallest absolute Gasteiger partial charge is 0.416 e. The van der Waals surface area contributed by atoms with E-state index in [2.05, 4.69) is 15.3 Å².